The van der Waals surface area contributed by atoms with E-state index in [9.17, 15) is 5.11 Å². The second kappa shape index (κ2) is 2.98. The quantitative estimate of drug-likeness (QED) is 0.680. The first kappa shape index (κ1) is 9.21. The summed E-state index contributed by atoms with van der Waals surface area (Å²) in [6, 6.07) is 0. The summed E-state index contributed by atoms with van der Waals surface area (Å²) in [4.78, 5) is 0. The number of rotatable bonds is 1. The Kier molecular flexibility index (Phi) is 1.96. The molecule has 14 heavy (non-hydrogen) atoms. The summed E-state index contributed by atoms with van der Waals surface area (Å²) in [5.74, 6) is 5.60. The summed E-state index contributed by atoms with van der Waals surface area (Å²) in [5, 5.41) is 9.72. The standard InChI is InChI=1S/C13H22O/c1-7(2)10-3-8-4-12(10)13-6-9(14)5-11(8)13/h7-14H,3-6H2,1-2H3. The number of hydrogen-bond donors (Lipinski definition) is 1. The van der Waals surface area contributed by atoms with Gasteiger partial charge in [-0.05, 0) is 61.2 Å². The van der Waals surface area contributed by atoms with E-state index in [0.29, 0.717) is 0 Å². The van der Waals surface area contributed by atoms with E-state index in [1.54, 1.807) is 0 Å². The van der Waals surface area contributed by atoms with Gasteiger partial charge in [0, 0.05) is 0 Å². The molecule has 0 aromatic carbocycles. The molecule has 80 valence electrons. The number of fused-ring (bicyclic) bond motifs is 5. The second-order valence-electron chi connectivity index (χ2n) is 6.26. The second-order valence-corrected chi connectivity index (χ2v) is 6.26. The molecule has 0 spiro atoms. The molecule has 3 aliphatic carbocycles. The monoisotopic (exact) mass is 194 g/mol. The van der Waals surface area contributed by atoms with Crippen LogP contribution in [-0.2, 0) is 0 Å². The molecule has 0 radical (unpaired) electrons. The molecule has 3 fully saturated rings. The molecule has 3 rings (SSSR count). The van der Waals surface area contributed by atoms with Gasteiger partial charge in [-0.1, -0.05) is 13.8 Å². The van der Waals surface area contributed by atoms with Crippen molar-refractivity contribution >= 4 is 0 Å². The van der Waals surface area contributed by atoms with Gasteiger partial charge in [-0.25, -0.2) is 0 Å². The van der Waals surface area contributed by atoms with Gasteiger partial charge in [-0.3, -0.25) is 0 Å². The zero-order chi connectivity index (χ0) is 9.87. The van der Waals surface area contributed by atoms with E-state index in [1.807, 2.05) is 0 Å². The molecular weight excluding hydrogens is 172 g/mol. The first-order valence-corrected chi connectivity index (χ1v) is 6.35. The maximum absolute atomic E-state index is 9.72. The predicted molar refractivity (Wildman–Crippen MR) is 56.8 cm³/mol. The van der Waals surface area contributed by atoms with Crippen LogP contribution in [0.25, 0.3) is 0 Å². The predicted octanol–water partition coefficient (Wildman–Crippen LogP) is 2.69. The van der Waals surface area contributed by atoms with Gasteiger partial charge in [0.2, 0.25) is 0 Å². The number of aliphatic hydroxyl groups excluding tert-OH is 1. The van der Waals surface area contributed by atoms with Crippen LogP contribution in [-0.4, -0.2) is 11.2 Å². The van der Waals surface area contributed by atoms with Crippen LogP contribution in [0.15, 0.2) is 0 Å². The van der Waals surface area contributed by atoms with Gasteiger partial charge in [0.1, 0.15) is 0 Å². The third-order valence-electron chi connectivity index (χ3n) is 5.35. The molecule has 1 nitrogen and oxygen atoms in total. The van der Waals surface area contributed by atoms with Gasteiger partial charge in [0.15, 0.2) is 0 Å². The Morgan fingerprint density at radius 1 is 0.929 bits per heavy atom. The highest BCUT2D eigenvalue weighted by molar-refractivity contribution is 5.05. The molecule has 0 amide bonds. The van der Waals surface area contributed by atoms with Gasteiger partial charge < -0.3 is 5.11 Å². The van der Waals surface area contributed by atoms with Crippen molar-refractivity contribution in [3.63, 3.8) is 0 Å². The Labute approximate surface area is 86.9 Å². The Morgan fingerprint density at radius 3 is 2.36 bits per heavy atom. The Hall–Kier alpha value is -0.0400. The Bertz CT molecular complexity index is 235. The molecule has 6 atom stereocenters. The van der Waals surface area contributed by atoms with Crippen molar-refractivity contribution in [3.05, 3.63) is 0 Å². The van der Waals surface area contributed by atoms with Gasteiger partial charge >= 0.3 is 0 Å². The van der Waals surface area contributed by atoms with Gasteiger partial charge in [0.05, 0.1) is 6.10 Å². The smallest absolute Gasteiger partial charge is 0.0546 e. The average Bonchev–Trinajstić information content (AvgIpc) is 2.70. The molecular formula is C13H22O. The van der Waals surface area contributed by atoms with Crippen molar-refractivity contribution < 1.29 is 5.11 Å². The maximum atomic E-state index is 9.72. The van der Waals surface area contributed by atoms with Crippen LogP contribution in [0.4, 0.5) is 0 Å². The van der Waals surface area contributed by atoms with Gasteiger partial charge in [-0.2, -0.15) is 0 Å². The minimum atomic E-state index is 0.0428. The average molecular weight is 194 g/mol. The summed E-state index contributed by atoms with van der Waals surface area (Å²) in [5.41, 5.74) is 0. The highest BCUT2D eigenvalue weighted by atomic mass is 16.3. The molecule has 2 bridgehead atoms. The third kappa shape index (κ3) is 1.11. The molecule has 6 unspecified atom stereocenters. The largest absolute Gasteiger partial charge is 0.393 e. The number of aliphatic hydroxyl groups is 1. The minimum absolute atomic E-state index is 0.0428. The fraction of sp³-hybridized carbons (Fsp3) is 1.00. The summed E-state index contributed by atoms with van der Waals surface area (Å²) in [6.07, 6.45) is 5.24. The fourth-order valence-corrected chi connectivity index (χ4v) is 4.86. The molecule has 0 heterocycles. The molecule has 1 N–H and O–H groups in total. The van der Waals surface area contributed by atoms with E-state index in [1.165, 1.54) is 12.8 Å². The normalized spacial score (nSPS) is 55.7. The maximum Gasteiger partial charge on any atom is 0.0546 e. The lowest BCUT2D eigenvalue weighted by Gasteiger charge is -2.33. The highest BCUT2D eigenvalue weighted by Crippen LogP contribution is 2.62. The van der Waals surface area contributed by atoms with Crippen LogP contribution in [0.2, 0.25) is 0 Å². The first-order chi connectivity index (χ1) is 6.66. The zero-order valence-electron chi connectivity index (χ0n) is 9.32. The van der Waals surface area contributed by atoms with Gasteiger partial charge in [-0.15, -0.1) is 0 Å². The van der Waals surface area contributed by atoms with E-state index < -0.39 is 0 Å². The van der Waals surface area contributed by atoms with Crippen molar-refractivity contribution in [1.29, 1.82) is 0 Å². The fourth-order valence-electron chi connectivity index (χ4n) is 4.86. The van der Waals surface area contributed by atoms with Crippen LogP contribution in [0.1, 0.15) is 39.5 Å². The van der Waals surface area contributed by atoms with E-state index >= 15 is 0 Å². The highest BCUT2D eigenvalue weighted by Gasteiger charge is 2.55. The molecule has 0 aromatic rings. The molecule has 3 aliphatic rings. The minimum Gasteiger partial charge on any atom is -0.393 e. The van der Waals surface area contributed by atoms with Crippen LogP contribution in [0, 0.1) is 35.5 Å². The first-order valence-electron chi connectivity index (χ1n) is 6.35. The lowest BCUT2D eigenvalue weighted by molar-refractivity contribution is 0.147. The molecule has 0 aliphatic heterocycles. The number of hydrogen-bond acceptors (Lipinski definition) is 1. The van der Waals surface area contributed by atoms with Crippen molar-refractivity contribution in [3.8, 4) is 0 Å². The van der Waals surface area contributed by atoms with Crippen LogP contribution in [0.5, 0.6) is 0 Å². The summed E-state index contributed by atoms with van der Waals surface area (Å²) in [7, 11) is 0. The van der Waals surface area contributed by atoms with Crippen molar-refractivity contribution in [2.24, 2.45) is 35.5 Å². The summed E-state index contributed by atoms with van der Waals surface area (Å²) in [6.45, 7) is 4.76. The van der Waals surface area contributed by atoms with Crippen molar-refractivity contribution in [2.45, 2.75) is 45.6 Å². The molecule has 3 saturated carbocycles. The SMILES string of the molecule is CC(C)C1CC2CC1C1CC(O)CC21. The van der Waals surface area contributed by atoms with Crippen LogP contribution < -0.4 is 0 Å². The Balaban J connectivity index is 1.80. The molecule has 0 saturated heterocycles. The Morgan fingerprint density at radius 2 is 1.64 bits per heavy atom. The van der Waals surface area contributed by atoms with Gasteiger partial charge in [0.25, 0.3) is 0 Å². The lowest BCUT2D eigenvalue weighted by Crippen LogP contribution is -2.27. The van der Waals surface area contributed by atoms with Crippen molar-refractivity contribution in [2.75, 3.05) is 0 Å². The molecule has 1 heteroatoms. The summed E-state index contributed by atoms with van der Waals surface area (Å²) >= 11 is 0. The van der Waals surface area contributed by atoms with Crippen LogP contribution in [0.3, 0.4) is 0 Å². The zero-order valence-corrected chi connectivity index (χ0v) is 9.32. The summed E-state index contributed by atoms with van der Waals surface area (Å²) < 4.78 is 0. The lowest BCUT2D eigenvalue weighted by atomic mass is 9.72. The van der Waals surface area contributed by atoms with E-state index in [4.69, 9.17) is 0 Å². The van der Waals surface area contributed by atoms with E-state index in [2.05, 4.69) is 13.8 Å². The van der Waals surface area contributed by atoms with E-state index in [-0.39, 0.29) is 6.10 Å². The van der Waals surface area contributed by atoms with Crippen molar-refractivity contribution in [1.82, 2.24) is 0 Å². The van der Waals surface area contributed by atoms with Crippen LogP contribution >= 0.6 is 0 Å². The molecule has 0 aromatic heterocycles. The third-order valence-corrected chi connectivity index (χ3v) is 5.35. The topological polar surface area (TPSA) is 20.2 Å². The van der Waals surface area contributed by atoms with E-state index in [0.717, 1.165) is 48.3 Å².